The first kappa shape index (κ1) is 22.3. The second-order valence-corrected chi connectivity index (χ2v) is 9.90. The average Bonchev–Trinajstić information content (AvgIpc) is 3.21. The number of carbonyl (C=O) groups excluding carboxylic acids is 1. The summed E-state index contributed by atoms with van der Waals surface area (Å²) in [6, 6.07) is 14.4. The Morgan fingerprint density at radius 2 is 1.67 bits per heavy atom. The zero-order valence-electron chi connectivity index (χ0n) is 18.0. The van der Waals surface area contributed by atoms with E-state index in [0.717, 1.165) is 37.0 Å². The molecule has 162 valence electrons. The highest BCUT2D eigenvalue weighted by Crippen LogP contribution is 2.22. The molecule has 0 unspecified atom stereocenters. The van der Waals surface area contributed by atoms with Crippen molar-refractivity contribution in [3.05, 3.63) is 65.2 Å². The van der Waals surface area contributed by atoms with Crippen molar-refractivity contribution < 1.29 is 13.2 Å². The van der Waals surface area contributed by atoms with Gasteiger partial charge in [-0.25, -0.2) is 8.42 Å². The molecule has 0 bridgehead atoms. The summed E-state index contributed by atoms with van der Waals surface area (Å²) in [6.07, 6.45) is 3.59. The molecule has 30 heavy (non-hydrogen) atoms. The van der Waals surface area contributed by atoms with Gasteiger partial charge in [-0.3, -0.25) is 14.0 Å². The summed E-state index contributed by atoms with van der Waals surface area (Å²) in [5.74, 6) is -0.322. The highest BCUT2D eigenvalue weighted by Gasteiger charge is 2.29. The summed E-state index contributed by atoms with van der Waals surface area (Å²) in [7, 11) is -3.62. The van der Waals surface area contributed by atoms with Gasteiger partial charge in [0, 0.05) is 13.1 Å². The minimum Gasteiger partial charge on any atom is -0.350 e. The minimum absolute atomic E-state index is 0.322. The van der Waals surface area contributed by atoms with Crippen molar-refractivity contribution in [3.63, 3.8) is 0 Å². The molecule has 3 rings (SSSR count). The fourth-order valence-electron chi connectivity index (χ4n) is 3.90. The zero-order valence-corrected chi connectivity index (χ0v) is 18.8. The summed E-state index contributed by atoms with van der Waals surface area (Å²) >= 11 is 0. The largest absolute Gasteiger partial charge is 0.350 e. The molecule has 1 aliphatic rings. The van der Waals surface area contributed by atoms with Crippen molar-refractivity contribution in [3.8, 4) is 0 Å². The van der Waals surface area contributed by atoms with E-state index in [2.05, 4.69) is 16.3 Å². The summed E-state index contributed by atoms with van der Waals surface area (Å²) in [4.78, 5) is 15.3. The molecular formula is C23H31N3O3S. The average molecular weight is 430 g/mol. The molecule has 1 N–H and O–H groups in total. The Balaban J connectivity index is 1.71. The lowest BCUT2D eigenvalue weighted by Crippen LogP contribution is -2.47. The van der Waals surface area contributed by atoms with Gasteiger partial charge in [-0.1, -0.05) is 42.0 Å². The van der Waals surface area contributed by atoms with Crippen molar-refractivity contribution in [2.45, 2.75) is 45.8 Å². The zero-order chi connectivity index (χ0) is 21.7. The van der Waals surface area contributed by atoms with Crippen LogP contribution >= 0.6 is 0 Å². The van der Waals surface area contributed by atoms with Gasteiger partial charge in [-0.2, -0.15) is 0 Å². The van der Waals surface area contributed by atoms with Crippen LogP contribution in [0.4, 0.5) is 5.69 Å². The Labute approximate surface area is 179 Å². The minimum atomic E-state index is -3.62. The summed E-state index contributed by atoms with van der Waals surface area (Å²) in [5.41, 5.74) is 3.77. The van der Waals surface area contributed by atoms with Gasteiger partial charge >= 0.3 is 0 Å². The molecule has 0 aromatic heterocycles. The lowest BCUT2D eigenvalue weighted by Gasteiger charge is -2.28. The molecule has 2 aromatic carbocycles. The Morgan fingerprint density at radius 3 is 2.27 bits per heavy atom. The van der Waals surface area contributed by atoms with E-state index in [9.17, 15) is 13.2 Å². The standard InChI is InChI=1S/C23H31N3O3S/c1-18-10-12-22(13-11-18)26(30(3,28)29)19(2)23(27)24-16-20-8-4-5-9-21(20)17-25-14-6-7-15-25/h4-5,8-13,19H,6-7,14-17H2,1-3H3,(H,24,27)/t19-/m0/s1. The molecule has 7 heteroatoms. The third-order valence-corrected chi connectivity index (χ3v) is 6.78. The van der Waals surface area contributed by atoms with E-state index in [1.165, 1.54) is 22.7 Å². The highest BCUT2D eigenvalue weighted by molar-refractivity contribution is 7.92. The molecule has 2 aromatic rings. The van der Waals surface area contributed by atoms with Crippen molar-refractivity contribution in [1.82, 2.24) is 10.2 Å². The van der Waals surface area contributed by atoms with E-state index in [-0.39, 0.29) is 5.91 Å². The number of aryl methyl sites for hydroxylation is 1. The van der Waals surface area contributed by atoms with E-state index in [4.69, 9.17) is 0 Å². The number of likely N-dealkylation sites (tertiary alicyclic amines) is 1. The fourth-order valence-corrected chi connectivity index (χ4v) is 5.07. The van der Waals surface area contributed by atoms with Crippen molar-refractivity contribution in [1.29, 1.82) is 0 Å². The van der Waals surface area contributed by atoms with E-state index in [0.29, 0.717) is 12.2 Å². The predicted molar refractivity (Wildman–Crippen MR) is 121 cm³/mol. The van der Waals surface area contributed by atoms with Gasteiger partial charge in [0.2, 0.25) is 15.9 Å². The lowest BCUT2D eigenvalue weighted by molar-refractivity contribution is -0.122. The van der Waals surface area contributed by atoms with Gasteiger partial charge in [0.1, 0.15) is 6.04 Å². The topological polar surface area (TPSA) is 69.7 Å². The van der Waals surface area contributed by atoms with E-state index in [1.807, 2.05) is 37.3 Å². The number of nitrogens with one attached hydrogen (secondary N) is 1. The molecule has 1 fully saturated rings. The number of amides is 1. The van der Waals surface area contributed by atoms with Gasteiger partial charge in [0.05, 0.1) is 11.9 Å². The first-order chi connectivity index (χ1) is 14.3. The molecule has 0 spiro atoms. The Kier molecular flexibility index (Phi) is 7.15. The van der Waals surface area contributed by atoms with E-state index in [1.54, 1.807) is 19.1 Å². The van der Waals surface area contributed by atoms with Crippen LogP contribution in [0.1, 0.15) is 36.5 Å². The number of hydrogen-bond acceptors (Lipinski definition) is 4. The first-order valence-electron chi connectivity index (χ1n) is 10.4. The Morgan fingerprint density at radius 1 is 1.07 bits per heavy atom. The molecule has 1 amide bonds. The van der Waals surface area contributed by atoms with Crippen LogP contribution in [0.15, 0.2) is 48.5 Å². The van der Waals surface area contributed by atoms with Crippen LogP contribution in [0.5, 0.6) is 0 Å². The second-order valence-electron chi connectivity index (χ2n) is 8.04. The third kappa shape index (κ3) is 5.61. The number of hydrogen-bond donors (Lipinski definition) is 1. The molecule has 1 atom stereocenters. The summed E-state index contributed by atoms with van der Waals surface area (Å²) < 4.78 is 26.0. The molecule has 1 saturated heterocycles. The highest BCUT2D eigenvalue weighted by atomic mass is 32.2. The molecule has 1 heterocycles. The molecule has 1 aliphatic heterocycles. The van der Waals surface area contributed by atoms with E-state index >= 15 is 0 Å². The van der Waals surface area contributed by atoms with Gasteiger partial charge in [0.15, 0.2) is 0 Å². The summed E-state index contributed by atoms with van der Waals surface area (Å²) in [5, 5.41) is 2.93. The van der Waals surface area contributed by atoms with Crippen molar-refractivity contribution >= 4 is 21.6 Å². The van der Waals surface area contributed by atoms with Crippen LogP contribution in [0, 0.1) is 6.92 Å². The van der Waals surface area contributed by atoms with Crippen LogP contribution in [-0.4, -0.2) is 44.6 Å². The van der Waals surface area contributed by atoms with Crippen molar-refractivity contribution in [2.24, 2.45) is 0 Å². The summed E-state index contributed by atoms with van der Waals surface area (Å²) in [6.45, 7) is 7.02. The molecule has 6 nitrogen and oxygen atoms in total. The van der Waals surface area contributed by atoms with E-state index < -0.39 is 16.1 Å². The van der Waals surface area contributed by atoms with Crippen LogP contribution in [-0.2, 0) is 27.9 Å². The number of carbonyl (C=O) groups is 1. The van der Waals surface area contributed by atoms with Crippen LogP contribution < -0.4 is 9.62 Å². The third-order valence-electron chi connectivity index (χ3n) is 5.54. The predicted octanol–water partition coefficient (Wildman–Crippen LogP) is 3.06. The maximum atomic E-state index is 12.9. The quantitative estimate of drug-likeness (QED) is 0.700. The fraction of sp³-hybridized carbons (Fsp3) is 0.435. The SMILES string of the molecule is Cc1ccc(N([C@@H](C)C(=O)NCc2ccccc2CN2CCCC2)S(C)(=O)=O)cc1. The smallest absolute Gasteiger partial charge is 0.243 e. The first-order valence-corrected chi connectivity index (χ1v) is 12.2. The van der Waals surface area contributed by atoms with Crippen LogP contribution in [0.25, 0.3) is 0 Å². The molecule has 0 aliphatic carbocycles. The van der Waals surface area contributed by atoms with Gasteiger partial charge < -0.3 is 5.32 Å². The molecule has 0 radical (unpaired) electrons. The number of rotatable bonds is 8. The van der Waals surface area contributed by atoms with Crippen LogP contribution in [0.3, 0.4) is 0 Å². The number of benzene rings is 2. The lowest BCUT2D eigenvalue weighted by atomic mass is 10.1. The number of sulfonamides is 1. The van der Waals surface area contributed by atoms with Crippen LogP contribution in [0.2, 0.25) is 0 Å². The normalized spacial score (nSPS) is 15.7. The molecule has 0 saturated carbocycles. The molecular weight excluding hydrogens is 398 g/mol. The maximum absolute atomic E-state index is 12.9. The number of nitrogens with zero attached hydrogens (tertiary/aromatic N) is 2. The number of anilines is 1. The Bertz CT molecular complexity index is 967. The van der Waals surface area contributed by atoms with Crippen molar-refractivity contribution in [2.75, 3.05) is 23.7 Å². The van der Waals surface area contributed by atoms with Gasteiger partial charge in [0.25, 0.3) is 0 Å². The maximum Gasteiger partial charge on any atom is 0.243 e. The van der Waals surface area contributed by atoms with Gasteiger partial charge in [-0.15, -0.1) is 0 Å². The van der Waals surface area contributed by atoms with Gasteiger partial charge in [-0.05, 0) is 63.0 Å². The monoisotopic (exact) mass is 429 g/mol. The second kappa shape index (κ2) is 9.62. The Hall–Kier alpha value is -2.38.